The van der Waals surface area contributed by atoms with Gasteiger partial charge in [0, 0.05) is 20.1 Å². The molecular formula is C17H29N3O2. The highest BCUT2D eigenvalue weighted by atomic mass is 16.2. The van der Waals surface area contributed by atoms with E-state index in [1.165, 1.54) is 12.8 Å². The first-order valence-electron chi connectivity index (χ1n) is 8.98. The average Bonchev–Trinajstić information content (AvgIpc) is 3.30. The van der Waals surface area contributed by atoms with Gasteiger partial charge in [-0.1, -0.05) is 12.8 Å². The van der Waals surface area contributed by atoms with Crippen LogP contribution in [0.4, 0.5) is 0 Å². The van der Waals surface area contributed by atoms with Crippen LogP contribution in [0, 0.1) is 5.92 Å². The standard InChI is InChI=1S/C17H29N3O2/c1-18-16(21)15(13-8-9-13)20-12-6-7-14(20)17(22)19-10-4-2-3-5-11-19/h13-15H,2-12H2,1H3,(H,18,21). The van der Waals surface area contributed by atoms with Crippen LogP contribution in [0.2, 0.25) is 0 Å². The second-order valence-electron chi connectivity index (χ2n) is 7.03. The second-order valence-corrected chi connectivity index (χ2v) is 7.03. The van der Waals surface area contributed by atoms with E-state index in [2.05, 4.69) is 15.1 Å². The molecule has 1 saturated carbocycles. The van der Waals surface area contributed by atoms with Gasteiger partial charge in [0.2, 0.25) is 11.8 Å². The Bertz CT molecular complexity index is 414. The SMILES string of the molecule is CNC(=O)C(C1CC1)N1CCCC1C(=O)N1CCCCCC1. The van der Waals surface area contributed by atoms with Crippen molar-refractivity contribution in [2.75, 3.05) is 26.7 Å². The first kappa shape index (κ1) is 15.8. The molecule has 3 rings (SSSR count). The van der Waals surface area contributed by atoms with Crippen LogP contribution in [0.15, 0.2) is 0 Å². The zero-order valence-corrected chi connectivity index (χ0v) is 13.7. The molecule has 0 aromatic heterocycles. The molecule has 0 aromatic rings. The lowest BCUT2D eigenvalue weighted by Crippen LogP contribution is -2.54. The van der Waals surface area contributed by atoms with Crippen molar-refractivity contribution in [3.05, 3.63) is 0 Å². The van der Waals surface area contributed by atoms with E-state index in [1.54, 1.807) is 7.05 Å². The maximum atomic E-state index is 13.0. The van der Waals surface area contributed by atoms with Crippen molar-refractivity contribution in [2.45, 2.75) is 63.5 Å². The summed E-state index contributed by atoms with van der Waals surface area (Å²) in [4.78, 5) is 29.5. The zero-order chi connectivity index (χ0) is 15.5. The molecule has 1 aliphatic carbocycles. The normalized spacial score (nSPS) is 28.2. The number of likely N-dealkylation sites (N-methyl/N-ethyl adjacent to an activating group) is 1. The third kappa shape index (κ3) is 3.29. The van der Waals surface area contributed by atoms with Gasteiger partial charge in [-0.15, -0.1) is 0 Å². The number of hydrogen-bond donors (Lipinski definition) is 1. The number of carbonyl (C=O) groups is 2. The molecule has 124 valence electrons. The number of nitrogens with one attached hydrogen (secondary N) is 1. The quantitative estimate of drug-likeness (QED) is 0.854. The Balaban J connectivity index is 1.71. The van der Waals surface area contributed by atoms with Crippen molar-refractivity contribution >= 4 is 11.8 Å². The van der Waals surface area contributed by atoms with Gasteiger partial charge in [0.05, 0.1) is 12.1 Å². The minimum Gasteiger partial charge on any atom is -0.358 e. The van der Waals surface area contributed by atoms with E-state index >= 15 is 0 Å². The minimum absolute atomic E-state index is 0.0685. The summed E-state index contributed by atoms with van der Waals surface area (Å²) in [6, 6.07) is -0.158. The van der Waals surface area contributed by atoms with Crippen LogP contribution in [0.3, 0.4) is 0 Å². The van der Waals surface area contributed by atoms with E-state index in [1.807, 2.05) is 0 Å². The summed E-state index contributed by atoms with van der Waals surface area (Å²) in [6.45, 7) is 2.69. The van der Waals surface area contributed by atoms with Crippen molar-refractivity contribution in [2.24, 2.45) is 5.92 Å². The van der Waals surface area contributed by atoms with Crippen LogP contribution < -0.4 is 5.32 Å². The molecule has 2 amide bonds. The molecule has 2 unspecified atom stereocenters. The number of nitrogens with zero attached hydrogens (tertiary/aromatic N) is 2. The van der Waals surface area contributed by atoms with Crippen molar-refractivity contribution in [3.63, 3.8) is 0 Å². The summed E-state index contributed by atoms with van der Waals surface area (Å²) in [5.41, 5.74) is 0. The van der Waals surface area contributed by atoms with Crippen LogP contribution in [0.25, 0.3) is 0 Å². The maximum Gasteiger partial charge on any atom is 0.239 e. The number of carbonyl (C=O) groups excluding carboxylic acids is 2. The molecule has 1 N–H and O–H groups in total. The van der Waals surface area contributed by atoms with Gasteiger partial charge in [0.1, 0.15) is 0 Å². The van der Waals surface area contributed by atoms with Crippen molar-refractivity contribution in [1.82, 2.24) is 15.1 Å². The van der Waals surface area contributed by atoms with E-state index in [9.17, 15) is 9.59 Å². The highest BCUT2D eigenvalue weighted by molar-refractivity contribution is 5.86. The fourth-order valence-corrected chi connectivity index (χ4v) is 4.08. The van der Waals surface area contributed by atoms with E-state index in [0.717, 1.165) is 58.2 Å². The third-order valence-electron chi connectivity index (χ3n) is 5.44. The fourth-order valence-electron chi connectivity index (χ4n) is 4.08. The summed E-state index contributed by atoms with van der Waals surface area (Å²) in [6.07, 6.45) is 8.92. The molecule has 0 radical (unpaired) electrons. The summed E-state index contributed by atoms with van der Waals surface area (Å²) in [5, 5.41) is 2.81. The van der Waals surface area contributed by atoms with Crippen LogP contribution in [0.5, 0.6) is 0 Å². The number of likely N-dealkylation sites (tertiary alicyclic amines) is 2. The molecular weight excluding hydrogens is 278 g/mol. The predicted octanol–water partition coefficient (Wildman–Crippen LogP) is 1.38. The van der Waals surface area contributed by atoms with Crippen LogP contribution >= 0.6 is 0 Å². The minimum atomic E-state index is -0.0894. The van der Waals surface area contributed by atoms with Gasteiger partial charge in [-0.2, -0.15) is 0 Å². The second kappa shape index (κ2) is 6.99. The van der Waals surface area contributed by atoms with E-state index in [4.69, 9.17) is 0 Å². The number of amides is 2. The lowest BCUT2D eigenvalue weighted by molar-refractivity contribution is -0.139. The third-order valence-corrected chi connectivity index (χ3v) is 5.44. The monoisotopic (exact) mass is 307 g/mol. The summed E-state index contributed by atoms with van der Waals surface area (Å²) in [7, 11) is 1.71. The Morgan fingerprint density at radius 2 is 1.64 bits per heavy atom. The zero-order valence-electron chi connectivity index (χ0n) is 13.7. The van der Waals surface area contributed by atoms with Gasteiger partial charge in [-0.3, -0.25) is 14.5 Å². The molecule has 3 fully saturated rings. The molecule has 0 bridgehead atoms. The average molecular weight is 307 g/mol. The van der Waals surface area contributed by atoms with E-state index in [0.29, 0.717) is 5.92 Å². The molecule has 0 aromatic carbocycles. The van der Waals surface area contributed by atoms with Crippen molar-refractivity contribution in [3.8, 4) is 0 Å². The summed E-state index contributed by atoms with van der Waals surface area (Å²) >= 11 is 0. The highest BCUT2D eigenvalue weighted by Gasteiger charge is 2.46. The molecule has 0 spiro atoms. The van der Waals surface area contributed by atoms with Crippen LogP contribution in [-0.2, 0) is 9.59 Å². The Morgan fingerprint density at radius 3 is 2.23 bits per heavy atom. The Labute approximate surface area is 133 Å². The van der Waals surface area contributed by atoms with E-state index < -0.39 is 0 Å². The van der Waals surface area contributed by atoms with Crippen molar-refractivity contribution < 1.29 is 9.59 Å². The summed E-state index contributed by atoms with van der Waals surface area (Å²) in [5.74, 6) is 0.824. The molecule has 2 aliphatic heterocycles. The molecule has 2 saturated heterocycles. The summed E-state index contributed by atoms with van der Waals surface area (Å²) < 4.78 is 0. The van der Waals surface area contributed by atoms with Gasteiger partial charge < -0.3 is 10.2 Å². The maximum absolute atomic E-state index is 13.0. The van der Waals surface area contributed by atoms with Crippen LogP contribution in [0.1, 0.15) is 51.4 Å². The number of rotatable bonds is 4. The van der Waals surface area contributed by atoms with Crippen LogP contribution in [-0.4, -0.2) is 60.4 Å². The van der Waals surface area contributed by atoms with E-state index in [-0.39, 0.29) is 23.9 Å². The Kier molecular flexibility index (Phi) is 5.01. The molecule has 3 aliphatic rings. The lowest BCUT2D eigenvalue weighted by Gasteiger charge is -2.34. The largest absolute Gasteiger partial charge is 0.358 e. The van der Waals surface area contributed by atoms with Gasteiger partial charge in [0.25, 0.3) is 0 Å². The molecule has 2 heterocycles. The Morgan fingerprint density at radius 1 is 0.955 bits per heavy atom. The predicted molar refractivity (Wildman–Crippen MR) is 85.4 cm³/mol. The number of hydrogen-bond acceptors (Lipinski definition) is 3. The first-order valence-corrected chi connectivity index (χ1v) is 8.98. The molecule has 22 heavy (non-hydrogen) atoms. The van der Waals surface area contributed by atoms with Crippen molar-refractivity contribution in [1.29, 1.82) is 0 Å². The highest BCUT2D eigenvalue weighted by Crippen LogP contribution is 2.38. The lowest BCUT2D eigenvalue weighted by atomic mass is 10.1. The topological polar surface area (TPSA) is 52.7 Å². The molecule has 5 heteroatoms. The van der Waals surface area contributed by atoms with Gasteiger partial charge in [0.15, 0.2) is 0 Å². The first-order chi connectivity index (χ1) is 10.7. The Hall–Kier alpha value is -1.10. The molecule has 2 atom stereocenters. The fraction of sp³-hybridized carbons (Fsp3) is 0.882. The van der Waals surface area contributed by atoms with Gasteiger partial charge >= 0.3 is 0 Å². The smallest absolute Gasteiger partial charge is 0.239 e. The van der Waals surface area contributed by atoms with Gasteiger partial charge in [-0.25, -0.2) is 0 Å². The van der Waals surface area contributed by atoms with Gasteiger partial charge in [-0.05, 0) is 51.0 Å². The molecule has 5 nitrogen and oxygen atoms in total.